The van der Waals surface area contributed by atoms with Crippen molar-refractivity contribution in [2.45, 2.75) is 26.2 Å². The second kappa shape index (κ2) is 6.72. The van der Waals surface area contributed by atoms with E-state index in [1.165, 1.54) is 17.8 Å². The van der Waals surface area contributed by atoms with Crippen LogP contribution in [-0.2, 0) is 0 Å². The molecule has 0 spiro atoms. The Balaban J connectivity index is 2.24. The van der Waals surface area contributed by atoms with Gasteiger partial charge in [0.1, 0.15) is 11.3 Å². The number of carbonyl (C=O) groups is 1. The van der Waals surface area contributed by atoms with E-state index in [1.807, 2.05) is 24.3 Å². The standard InChI is InChI=1S/C16H16BrNO3/c1-3-10(2)11-4-6-13(7-5-11)21-15-14(16(19)20)8-12(17)9-18-15/h4-10H,3H2,1-2H3,(H,19,20). The van der Waals surface area contributed by atoms with E-state index >= 15 is 0 Å². The van der Waals surface area contributed by atoms with Gasteiger partial charge in [0.15, 0.2) is 0 Å². The highest BCUT2D eigenvalue weighted by Gasteiger charge is 2.14. The van der Waals surface area contributed by atoms with Crippen molar-refractivity contribution in [1.82, 2.24) is 4.98 Å². The highest BCUT2D eigenvalue weighted by molar-refractivity contribution is 9.10. The van der Waals surface area contributed by atoms with E-state index in [9.17, 15) is 9.90 Å². The molecule has 4 nitrogen and oxygen atoms in total. The number of aromatic nitrogens is 1. The summed E-state index contributed by atoms with van der Waals surface area (Å²) in [5, 5.41) is 9.18. The van der Waals surface area contributed by atoms with Crippen molar-refractivity contribution in [3.05, 3.63) is 52.1 Å². The summed E-state index contributed by atoms with van der Waals surface area (Å²) in [6.07, 6.45) is 2.58. The lowest BCUT2D eigenvalue weighted by Crippen LogP contribution is -2.02. The lowest BCUT2D eigenvalue weighted by Gasteiger charge is -2.11. The Bertz CT molecular complexity index is 640. The van der Waals surface area contributed by atoms with E-state index < -0.39 is 5.97 Å². The third-order valence-corrected chi connectivity index (χ3v) is 3.76. The van der Waals surface area contributed by atoms with Crippen LogP contribution in [0.5, 0.6) is 11.6 Å². The van der Waals surface area contributed by atoms with Crippen molar-refractivity contribution >= 4 is 21.9 Å². The predicted molar refractivity (Wildman–Crippen MR) is 84.1 cm³/mol. The summed E-state index contributed by atoms with van der Waals surface area (Å²) in [5.74, 6) is 0.0656. The lowest BCUT2D eigenvalue weighted by molar-refractivity contribution is 0.0693. The van der Waals surface area contributed by atoms with Gasteiger partial charge in [0.25, 0.3) is 0 Å². The molecule has 0 aliphatic rings. The molecule has 0 aliphatic carbocycles. The van der Waals surface area contributed by atoms with E-state index in [4.69, 9.17) is 4.74 Å². The summed E-state index contributed by atoms with van der Waals surface area (Å²) < 4.78 is 6.18. The van der Waals surface area contributed by atoms with Crippen molar-refractivity contribution in [2.75, 3.05) is 0 Å². The largest absolute Gasteiger partial charge is 0.477 e. The van der Waals surface area contributed by atoms with Gasteiger partial charge in [-0.2, -0.15) is 0 Å². The normalized spacial score (nSPS) is 12.0. The number of carboxylic acids is 1. The van der Waals surface area contributed by atoms with Crippen LogP contribution in [0, 0.1) is 0 Å². The zero-order chi connectivity index (χ0) is 15.4. The third kappa shape index (κ3) is 3.82. The van der Waals surface area contributed by atoms with Crippen LogP contribution in [0.15, 0.2) is 41.0 Å². The molecule has 0 fully saturated rings. The quantitative estimate of drug-likeness (QED) is 0.838. The molecule has 0 radical (unpaired) electrons. The van der Waals surface area contributed by atoms with Gasteiger partial charge in [-0.05, 0) is 52.0 Å². The fourth-order valence-electron chi connectivity index (χ4n) is 1.87. The van der Waals surface area contributed by atoms with Gasteiger partial charge in [-0.3, -0.25) is 0 Å². The summed E-state index contributed by atoms with van der Waals surface area (Å²) >= 11 is 3.20. The van der Waals surface area contributed by atoms with Gasteiger partial charge < -0.3 is 9.84 Å². The van der Waals surface area contributed by atoms with Crippen LogP contribution < -0.4 is 4.74 Å². The Labute approximate surface area is 131 Å². The summed E-state index contributed by atoms with van der Waals surface area (Å²) in [7, 11) is 0. The fourth-order valence-corrected chi connectivity index (χ4v) is 2.20. The van der Waals surface area contributed by atoms with Crippen LogP contribution in [0.25, 0.3) is 0 Å². The molecule has 0 amide bonds. The van der Waals surface area contributed by atoms with Crippen LogP contribution in [0.2, 0.25) is 0 Å². The van der Waals surface area contributed by atoms with Gasteiger partial charge in [0.05, 0.1) is 0 Å². The Morgan fingerprint density at radius 2 is 2.05 bits per heavy atom. The SMILES string of the molecule is CCC(C)c1ccc(Oc2ncc(Br)cc2C(=O)O)cc1. The van der Waals surface area contributed by atoms with Crippen LogP contribution in [-0.4, -0.2) is 16.1 Å². The molecule has 2 aromatic rings. The number of pyridine rings is 1. The van der Waals surface area contributed by atoms with Crippen molar-refractivity contribution in [1.29, 1.82) is 0 Å². The molecule has 5 heteroatoms. The Hall–Kier alpha value is -1.88. The molecule has 110 valence electrons. The van der Waals surface area contributed by atoms with Gasteiger partial charge in [-0.25, -0.2) is 9.78 Å². The number of rotatable bonds is 5. The molecular weight excluding hydrogens is 334 g/mol. The van der Waals surface area contributed by atoms with E-state index in [0.717, 1.165) is 6.42 Å². The molecule has 0 saturated heterocycles. The second-order valence-corrected chi connectivity index (χ2v) is 5.71. The van der Waals surface area contributed by atoms with E-state index in [-0.39, 0.29) is 11.4 Å². The molecule has 2 rings (SSSR count). The first kappa shape index (κ1) is 15.5. The molecule has 21 heavy (non-hydrogen) atoms. The first-order valence-electron chi connectivity index (χ1n) is 6.68. The highest BCUT2D eigenvalue weighted by atomic mass is 79.9. The molecule has 1 aromatic carbocycles. The number of ether oxygens (including phenoxy) is 1. The maximum atomic E-state index is 11.2. The fraction of sp³-hybridized carbons (Fsp3) is 0.250. The number of hydrogen-bond acceptors (Lipinski definition) is 3. The molecule has 1 atom stereocenters. The second-order valence-electron chi connectivity index (χ2n) is 4.79. The summed E-state index contributed by atoms with van der Waals surface area (Å²) in [6, 6.07) is 9.11. The molecular formula is C16H16BrNO3. The van der Waals surface area contributed by atoms with Crippen LogP contribution in [0.3, 0.4) is 0 Å². The Kier molecular flexibility index (Phi) is 4.96. The molecule has 1 N–H and O–H groups in total. The van der Waals surface area contributed by atoms with Crippen LogP contribution in [0.1, 0.15) is 42.1 Å². The molecule has 0 aliphatic heterocycles. The monoisotopic (exact) mass is 349 g/mol. The number of aromatic carboxylic acids is 1. The maximum Gasteiger partial charge on any atom is 0.341 e. The van der Waals surface area contributed by atoms with Gasteiger partial charge in [-0.15, -0.1) is 0 Å². The first-order chi connectivity index (χ1) is 10.0. The van der Waals surface area contributed by atoms with Crippen LogP contribution in [0.4, 0.5) is 0 Å². The lowest BCUT2D eigenvalue weighted by atomic mass is 9.99. The molecule has 0 bridgehead atoms. The smallest absolute Gasteiger partial charge is 0.341 e. The highest BCUT2D eigenvalue weighted by Crippen LogP contribution is 2.27. The van der Waals surface area contributed by atoms with Gasteiger partial charge in [0.2, 0.25) is 5.88 Å². The van der Waals surface area contributed by atoms with Crippen molar-refractivity contribution in [3.8, 4) is 11.6 Å². The minimum atomic E-state index is -1.07. The minimum absolute atomic E-state index is 0.0235. The predicted octanol–water partition coefficient (Wildman–Crippen LogP) is 4.85. The van der Waals surface area contributed by atoms with Crippen molar-refractivity contribution in [3.63, 3.8) is 0 Å². The first-order valence-corrected chi connectivity index (χ1v) is 7.47. The zero-order valence-corrected chi connectivity index (χ0v) is 13.4. The Morgan fingerprint density at radius 1 is 1.38 bits per heavy atom. The summed E-state index contributed by atoms with van der Waals surface area (Å²) in [5.41, 5.74) is 1.25. The van der Waals surface area contributed by atoms with E-state index in [2.05, 4.69) is 34.8 Å². The van der Waals surface area contributed by atoms with Gasteiger partial charge in [-0.1, -0.05) is 26.0 Å². The Morgan fingerprint density at radius 3 is 2.62 bits per heavy atom. The molecule has 1 aromatic heterocycles. The van der Waals surface area contributed by atoms with Gasteiger partial charge in [0, 0.05) is 10.7 Å². The van der Waals surface area contributed by atoms with Crippen LogP contribution >= 0.6 is 15.9 Å². The maximum absolute atomic E-state index is 11.2. The number of hydrogen-bond donors (Lipinski definition) is 1. The third-order valence-electron chi connectivity index (χ3n) is 3.32. The number of carboxylic acid groups (broad SMARTS) is 1. The molecule has 1 unspecified atom stereocenters. The average molecular weight is 350 g/mol. The minimum Gasteiger partial charge on any atom is -0.477 e. The van der Waals surface area contributed by atoms with Crippen molar-refractivity contribution < 1.29 is 14.6 Å². The number of nitrogens with zero attached hydrogens (tertiary/aromatic N) is 1. The van der Waals surface area contributed by atoms with Gasteiger partial charge >= 0.3 is 5.97 Å². The topological polar surface area (TPSA) is 59.4 Å². The molecule has 0 saturated carbocycles. The van der Waals surface area contributed by atoms with Crippen molar-refractivity contribution in [2.24, 2.45) is 0 Å². The average Bonchev–Trinajstić information content (AvgIpc) is 2.49. The zero-order valence-electron chi connectivity index (χ0n) is 11.8. The summed E-state index contributed by atoms with van der Waals surface area (Å²) in [4.78, 5) is 15.2. The van der Waals surface area contributed by atoms with E-state index in [0.29, 0.717) is 16.1 Å². The van der Waals surface area contributed by atoms with E-state index in [1.54, 1.807) is 0 Å². The summed E-state index contributed by atoms with van der Waals surface area (Å²) in [6.45, 7) is 4.30. The number of halogens is 1. The number of benzene rings is 1. The molecule has 1 heterocycles.